The van der Waals surface area contributed by atoms with Crippen molar-refractivity contribution in [2.45, 2.75) is 31.4 Å². The minimum Gasteiger partial charge on any atom is -0.482 e. The van der Waals surface area contributed by atoms with E-state index in [9.17, 15) is 0 Å². The first-order valence-electron chi connectivity index (χ1n) is 19.8. The van der Waals surface area contributed by atoms with E-state index in [0.717, 1.165) is 53.1 Å². The minimum atomic E-state index is -0.151. The highest BCUT2D eigenvalue weighted by Crippen LogP contribution is 2.48. The monoisotopic (exact) mass is 726 g/mol. The standard InChI is InChI=1S/C51H42N4O/c1-5-17-35(18-6-1)39-29-31-41(36-19-7-2-8-20-36)42(33-39)40-30-32-44(55-45-25-13-15-27-47(45)56-48-28-16-14-26-46(48)55)43(34-40)51-53-49(37-21-9-3-10-22-37)52-50(54-51)38-23-11-4-12-24-38/h1-17,19,21-30,32-36,41,45,47H,18,20,31H2. The van der Waals surface area contributed by atoms with E-state index in [4.69, 9.17) is 19.7 Å². The zero-order chi connectivity index (χ0) is 37.3. The molecule has 5 aliphatic rings. The number of nitrogens with zero attached hydrogens (tertiary/aromatic N) is 4. The van der Waals surface area contributed by atoms with Crippen LogP contribution in [0.1, 0.15) is 24.8 Å². The molecular formula is C51H42N4O. The van der Waals surface area contributed by atoms with Gasteiger partial charge in [-0.1, -0.05) is 158 Å². The molecule has 2 heterocycles. The van der Waals surface area contributed by atoms with Gasteiger partial charge in [-0.2, -0.15) is 0 Å². The smallest absolute Gasteiger partial charge is 0.166 e. The fourth-order valence-electron chi connectivity index (χ4n) is 8.73. The van der Waals surface area contributed by atoms with Crippen LogP contribution in [0, 0.1) is 17.8 Å². The lowest BCUT2D eigenvalue weighted by Gasteiger charge is -2.43. The largest absolute Gasteiger partial charge is 0.482 e. The number of rotatable bonds is 7. The summed E-state index contributed by atoms with van der Waals surface area (Å²) in [7, 11) is 0. The van der Waals surface area contributed by atoms with E-state index in [0.29, 0.717) is 35.2 Å². The molecule has 5 heteroatoms. The SMILES string of the molecule is C1=CCC(C2=CCC(C3C=CC=CC3)C(c3ccc(N4c5ccccc5OC5C=CC=CC54)c(-c4nc(-c5ccccc5)nc(-c5ccccc5)n4)c3)=C2)C=C1. The molecule has 5 nitrogen and oxygen atoms in total. The van der Waals surface area contributed by atoms with E-state index in [2.05, 4.69) is 151 Å². The van der Waals surface area contributed by atoms with Crippen molar-refractivity contribution in [2.75, 3.05) is 4.90 Å². The normalized spacial score (nSPS) is 23.2. The van der Waals surface area contributed by atoms with Crippen LogP contribution in [-0.2, 0) is 0 Å². The van der Waals surface area contributed by atoms with Crippen LogP contribution in [0.2, 0.25) is 0 Å². The van der Waals surface area contributed by atoms with Crippen molar-refractivity contribution in [3.8, 4) is 39.9 Å². The van der Waals surface area contributed by atoms with Crippen LogP contribution >= 0.6 is 0 Å². The second kappa shape index (κ2) is 14.9. The van der Waals surface area contributed by atoms with Crippen molar-refractivity contribution < 1.29 is 4.74 Å². The average Bonchev–Trinajstić information content (AvgIpc) is 3.29. The van der Waals surface area contributed by atoms with Crippen LogP contribution in [0.4, 0.5) is 11.4 Å². The maximum atomic E-state index is 6.60. The van der Waals surface area contributed by atoms with Gasteiger partial charge in [0.25, 0.3) is 0 Å². The quantitative estimate of drug-likeness (QED) is 0.167. The molecule has 0 saturated heterocycles. The summed E-state index contributed by atoms with van der Waals surface area (Å²) in [5.74, 6) is 3.88. The minimum absolute atomic E-state index is 0.0648. The zero-order valence-electron chi connectivity index (χ0n) is 31.1. The number of anilines is 2. The summed E-state index contributed by atoms with van der Waals surface area (Å²) in [6.45, 7) is 0. The van der Waals surface area contributed by atoms with E-state index < -0.39 is 0 Å². The molecule has 0 saturated carbocycles. The van der Waals surface area contributed by atoms with Crippen LogP contribution in [0.3, 0.4) is 0 Å². The average molecular weight is 727 g/mol. The van der Waals surface area contributed by atoms with E-state index in [-0.39, 0.29) is 12.1 Å². The van der Waals surface area contributed by atoms with Gasteiger partial charge >= 0.3 is 0 Å². The van der Waals surface area contributed by atoms with Gasteiger partial charge in [-0.05, 0) is 78.1 Å². The summed E-state index contributed by atoms with van der Waals surface area (Å²) in [5, 5.41) is 0. The fraction of sp³-hybridized carbons (Fsp3) is 0.157. The summed E-state index contributed by atoms with van der Waals surface area (Å²) in [6, 6.07) is 35.7. The van der Waals surface area contributed by atoms with E-state index >= 15 is 0 Å². The number of para-hydroxylation sites is 2. The molecule has 0 bridgehead atoms. The molecule has 0 fully saturated rings. The first kappa shape index (κ1) is 33.9. The number of aromatic nitrogens is 3. The second-order valence-corrected chi connectivity index (χ2v) is 15.0. The van der Waals surface area contributed by atoms with Crippen molar-refractivity contribution >= 4 is 16.9 Å². The Labute approximate surface area is 328 Å². The van der Waals surface area contributed by atoms with E-state index in [1.165, 1.54) is 16.7 Å². The highest BCUT2D eigenvalue weighted by Gasteiger charge is 2.37. The van der Waals surface area contributed by atoms with Gasteiger partial charge in [-0.15, -0.1) is 0 Å². The second-order valence-electron chi connectivity index (χ2n) is 15.0. The molecule has 56 heavy (non-hydrogen) atoms. The summed E-state index contributed by atoms with van der Waals surface area (Å²) in [6.07, 6.45) is 34.5. The summed E-state index contributed by atoms with van der Waals surface area (Å²) >= 11 is 0. The highest BCUT2D eigenvalue weighted by atomic mass is 16.5. The van der Waals surface area contributed by atoms with Crippen LogP contribution in [-0.4, -0.2) is 27.1 Å². The van der Waals surface area contributed by atoms with Gasteiger partial charge in [-0.25, -0.2) is 15.0 Å². The number of benzene rings is 4. The Hall–Kier alpha value is -6.59. The van der Waals surface area contributed by atoms with Crippen molar-refractivity contribution in [3.63, 3.8) is 0 Å². The topological polar surface area (TPSA) is 51.1 Å². The third kappa shape index (κ3) is 6.49. The predicted molar refractivity (Wildman–Crippen MR) is 228 cm³/mol. The first-order valence-corrected chi connectivity index (χ1v) is 19.8. The molecule has 0 spiro atoms. The maximum Gasteiger partial charge on any atom is 0.166 e. The van der Waals surface area contributed by atoms with Crippen LogP contribution in [0.5, 0.6) is 5.75 Å². The van der Waals surface area contributed by atoms with Gasteiger partial charge in [0.15, 0.2) is 17.5 Å². The lowest BCUT2D eigenvalue weighted by atomic mass is 9.72. The third-order valence-corrected chi connectivity index (χ3v) is 11.5. The molecule has 5 unspecified atom stereocenters. The van der Waals surface area contributed by atoms with Gasteiger partial charge in [0.2, 0.25) is 0 Å². The lowest BCUT2D eigenvalue weighted by Crippen LogP contribution is -2.46. The molecule has 272 valence electrons. The number of allylic oxidation sites excluding steroid dienone is 14. The molecule has 1 aromatic heterocycles. The third-order valence-electron chi connectivity index (χ3n) is 11.5. The van der Waals surface area contributed by atoms with Gasteiger partial charge in [0.05, 0.1) is 17.4 Å². The molecule has 1 aliphatic heterocycles. The van der Waals surface area contributed by atoms with Crippen molar-refractivity contribution in [1.29, 1.82) is 0 Å². The molecule has 4 aromatic carbocycles. The van der Waals surface area contributed by atoms with Gasteiger partial charge in [0, 0.05) is 22.6 Å². The van der Waals surface area contributed by atoms with E-state index in [1.807, 2.05) is 42.5 Å². The Balaban J connectivity index is 1.20. The number of ether oxygens (including phenoxy) is 1. The summed E-state index contributed by atoms with van der Waals surface area (Å²) in [5.41, 5.74) is 8.82. The number of fused-ring (bicyclic) bond motifs is 2. The van der Waals surface area contributed by atoms with Crippen molar-refractivity contribution in [3.05, 3.63) is 199 Å². The van der Waals surface area contributed by atoms with Crippen molar-refractivity contribution in [2.24, 2.45) is 17.8 Å². The number of hydrogen-bond donors (Lipinski definition) is 0. The zero-order valence-corrected chi connectivity index (χ0v) is 31.1. The molecule has 0 radical (unpaired) electrons. The van der Waals surface area contributed by atoms with Crippen LogP contribution in [0.15, 0.2) is 194 Å². The van der Waals surface area contributed by atoms with Gasteiger partial charge in [0.1, 0.15) is 11.9 Å². The Morgan fingerprint density at radius 2 is 1.23 bits per heavy atom. The molecule has 10 rings (SSSR count). The lowest BCUT2D eigenvalue weighted by molar-refractivity contribution is 0.218. The Bertz CT molecular complexity index is 2460. The number of hydrogen-bond acceptors (Lipinski definition) is 5. The van der Waals surface area contributed by atoms with Crippen LogP contribution in [0.25, 0.3) is 39.7 Å². The molecular weight excluding hydrogens is 685 g/mol. The molecule has 0 amide bonds. The first-order chi connectivity index (χ1) is 27.8. The molecule has 5 atom stereocenters. The Kier molecular flexibility index (Phi) is 9.04. The Morgan fingerprint density at radius 3 is 1.96 bits per heavy atom. The molecule has 5 aromatic rings. The molecule has 4 aliphatic carbocycles. The maximum absolute atomic E-state index is 6.60. The van der Waals surface area contributed by atoms with Gasteiger partial charge in [-0.3, -0.25) is 0 Å². The van der Waals surface area contributed by atoms with Crippen molar-refractivity contribution in [1.82, 2.24) is 15.0 Å². The Morgan fingerprint density at radius 1 is 0.554 bits per heavy atom. The van der Waals surface area contributed by atoms with Crippen LogP contribution < -0.4 is 9.64 Å². The van der Waals surface area contributed by atoms with Gasteiger partial charge < -0.3 is 9.64 Å². The summed E-state index contributed by atoms with van der Waals surface area (Å²) < 4.78 is 6.60. The summed E-state index contributed by atoms with van der Waals surface area (Å²) in [4.78, 5) is 18.1. The highest BCUT2D eigenvalue weighted by molar-refractivity contribution is 5.87. The fourth-order valence-corrected chi connectivity index (χ4v) is 8.73. The predicted octanol–water partition coefficient (Wildman–Crippen LogP) is 11.9. The van der Waals surface area contributed by atoms with E-state index in [1.54, 1.807) is 0 Å². The molecule has 0 N–H and O–H groups in total.